The highest BCUT2D eigenvalue weighted by Gasteiger charge is 2.41. The third-order valence-corrected chi connectivity index (χ3v) is 6.39. The monoisotopic (exact) mass is 382 g/mol. The lowest BCUT2D eigenvalue weighted by atomic mass is 9.68. The molecular formula is C25H36NO2+. The molecule has 0 spiro atoms. The lowest BCUT2D eigenvalue weighted by Crippen LogP contribution is -2.85. The molecule has 0 amide bonds. The molecule has 0 saturated carbocycles. The first kappa shape index (κ1) is 20.9. The van der Waals surface area contributed by atoms with Crippen molar-refractivity contribution < 1.29 is 14.8 Å². The minimum absolute atomic E-state index is 0.118. The average molecular weight is 383 g/mol. The average Bonchev–Trinajstić information content (AvgIpc) is 2.74. The third-order valence-electron chi connectivity index (χ3n) is 6.39. The highest BCUT2D eigenvalue weighted by Crippen LogP contribution is 2.44. The summed E-state index contributed by atoms with van der Waals surface area (Å²) in [6.07, 6.45) is 3.57. The number of hydrogen-bond acceptors (Lipinski definition) is 2. The van der Waals surface area contributed by atoms with Crippen molar-refractivity contribution in [1.29, 1.82) is 0 Å². The van der Waals surface area contributed by atoms with Gasteiger partial charge in [0.05, 0.1) is 19.8 Å². The summed E-state index contributed by atoms with van der Waals surface area (Å²) in [7, 11) is 1.79. The summed E-state index contributed by atoms with van der Waals surface area (Å²) in [5, 5.41) is 2.48. The molecule has 0 aliphatic carbocycles. The van der Waals surface area contributed by atoms with E-state index in [0.29, 0.717) is 18.1 Å². The van der Waals surface area contributed by atoms with Crippen LogP contribution < -0.4 is 10.1 Å². The normalized spacial score (nSPS) is 23.5. The number of hydrogen-bond donors (Lipinski definition) is 1. The van der Waals surface area contributed by atoms with Crippen molar-refractivity contribution in [1.82, 2.24) is 0 Å². The second-order valence-corrected chi connectivity index (χ2v) is 8.56. The van der Waals surface area contributed by atoms with Crippen LogP contribution in [0, 0.1) is 5.92 Å². The van der Waals surface area contributed by atoms with Gasteiger partial charge in [-0.3, -0.25) is 0 Å². The first-order chi connectivity index (χ1) is 13.6. The van der Waals surface area contributed by atoms with Crippen molar-refractivity contribution in [3.8, 4) is 5.75 Å². The first-order valence-electron chi connectivity index (χ1n) is 10.7. The zero-order chi connectivity index (χ0) is 20.0. The molecule has 1 aliphatic heterocycles. The molecule has 0 bridgehead atoms. The second kappa shape index (κ2) is 9.58. The van der Waals surface area contributed by atoms with E-state index in [4.69, 9.17) is 9.47 Å². The maximum atomic E-state index is 6.14. The molecule has 0 unspecified atom stereocenters. The molecule has 152 valence electrons. The van der Waals surface area contributed by atoms with E-state index in [1.165, 1.54) is 11.1 Å². The summed E-state index contributed by atoms with van der Waals surface area (Å²) >= 11 is 0. The maximum absolute atomic E-state index is 6.14. The van der Waals surface area contributed by atoms with Gasteiger partial charge in [0.25, 0.3) is 0 Å². The molecule has 3 heteroatoms. The fourth-order valence-corrected chi connectivity index (χ4v) is 4.57. The molecule has 3 rings (SSSR count). The van der Waals surface area contributed by atoms with E-state index >= 15 is 0 Å². The molecule has 0 radical (unpaired) electrons. The van der Waals surface area contributed by atoms with Crippen LogP contribution in [-0.4, -0.2) is 26.4 Å². The van der Waals surface area contributed by atoms with Gasteiger partial charge in [-0.15, -0.1) is 0 Å². The zero-order valence-electron chi connectivity index (χ0n) is 17.9. The third kappa shape index (κ3) is 4.76. The van der Waals surface area contributed by atoms with Crippen LogP contribution in [0.4, 0.5) is 0 Å². The fourth-order valence-electron chi connectivity index (χ4n) is 4.57. The van der Waals surface area contributed by atoms with E-state index in [2.05, 4.69) is 80.7 Å². The smallest absolute Gasteiger partial charge is 0.122 e. The van der Waals surface area contributed by atoms with Crippen LogP contribution in [0.15, 0.2) is 54.6 Å². The Balaban J connectivity index is 1.79. The SMILES string of the molecule is COc1ccccc1[C@]1(CC[NH2+][C@@H](C)c2ccccc2)CCO[C@H](C(C)C)C1. The van der Waals surface area contributed by atoms with Gasteiger partial charge in [-0.25, -0.2) is 0 Å². The zero-order valence-corrected chi connectivity index (χ0v) is 17.9. The molecule has 28 heavy (non-hydrogen) atoms. The standard InChI is InChI=1S/C25H35NO2/c1-19(2)24-18-25(15-17-28-24,22-12-8-9-13-23(22)27-4)14-16-26-20(3)21-10-6-5-7-11-21/h5-13,19-20,24,26H,14-18H2,1-4H3/p+1/t20-,24-,25+/m0/s1. The van der Waals surface area contributed by atoms with Gasteiger partial charge in [0, 0.05) is 29.6 Å². The molecule has 3 nitrogen and oxygen atoms in total. The van der Waals surface area contributed by atoms with Crippen LogP contribution in [0.5, 0.6) is 5.75 Å². The van der Waals surface area contributed by atoms with Crippen molar-refractivity contribution in [2.75, 3.05) is 20.3 Å². The number of quaternary nitrogens is 1. The van der Waals surface area contributed by atoms with E-state index < -0.39 is 0 Å². The van der Waals surface area contributed by atoms with Crippen LogP contribution in [0.3, 0.4) is 0 Å². The molecule has 0 aromatic heterocycles. The van der Waals surface area contributed by atoms with Crippen molar-refractivity contribution in [2.24, 2.45) is 5.92 Å². The fraction of sp³-hybridized carbons (Fsp3) is 0.520. The van der Waals surface area contributed by atoms with Gasteiger partial charge in [0.1, 0.15) is 11.8 Å². The van der Waals surface area contributed by atoms with Crippen LogP contribution >= 0.6 is 0 Å². The van der Waals surface area contributed by atoms with E-state index in [1.807, 2.05) is 0 Å². The van der Waals surface area contributed by atoms with Crippen molar-refractivity contribution >= 4 is 0 Å². The molecule has 1 aliphatic rings. The van der Waals surface area contributed by atoms with Crippen LogP contribution in [0.25, 0.3) is 0 Å². The summed E-state index contributed by atoms with van der Waals surface area (Å²) in [6, 6.07) is 19.8. The van der Waals surface area contributed by atoms with Crippen LogP contribution in [0.2, 0.25) is 0 Å². The van der Waals surface area contributed by atoms with Crippen molar-refractivity contribution in [3.05, 3.63) is 65.7 Å². The van der Waals surface area contributed by atoms with Gasteiger partial charge in [0.15, 0.2) is 0 Å². The topological polar surface area (TPSA) is 35.1 Å². The number of ether oxygens (including phenoxy) is 2. The Morgan fingerprint density at radius 2 is 1.79 bits per heavy atom. The molecule has 2 N–H and O–H groups in total. The van der Waals surface area contributed by atoms with Gasteiger partial charge in [0.2, 0.25) is 0 Å². The van der Waals surface area contributed by atoms with Gasteiger partial charge < -0.3 is 14.8 Å². The molecule has 3 atom stereocenters. The van der Waals surface area contributed by atoms with E-state index in [9.17, 15) is 0 Å². The largest absolute Gasteiger partial charge is 0.496 e. The predicted molar refractivity (Wildman–Crippen MR) is 115 cm³/mol. The summed E-state index contributed by atoms with van der Waals surface area (Å²) < 4.78 is 11.9. The predicted octanol–water partition coefficient (Wildman–Crippen LogP) is 4.48. The van der Waals surface area contributed by atoms with Crippen molar-refractivity contribution in [2.45, 2.75) is 57.6 Å². The Bertz CT molecular complexity index is 730. The Morgan fingerprint density at radius 3 is 2.50 bits per heavy atom. The molecular weight excluding hydrogens is 346 g/mol. The number of rotatable bonds is 8. The summed E-state index contributed by atoms with van der Waals surface area (Å²) in [5.74, 6) is 1.55. The highest BCUT2D eigenvalue weighted by atomic mass is 16.5. The number of methoxy groups -OCH3 is 1. The number of para-hydroxylation sites is 1. The Morgan fingerprint density at radius 1 is 1.07 bits per heavy atom. The first-order valence-corrected chi connectivity index (χ1v) is 10.7. The van der Waals surface area contributed by atoms with E-state index in [1.54, 1.807) is 7.11 Å². The Hall–Kier alpha value is -1.84. The van der Waals surface area contributed by atoms with E-state index in [0.717, 1.165) is 38.2 Å². The van der Waals surface area contributed by atoms with Gasteiger partial charge >= 0.3 is 0 Å². The minimum Gasteiger partial charge on any atom is -0.496 e. The lowest BCUT2D eigenvalue weighted by Gasteiger charge is -2.43. The molecule has 1 saturated heterocycles. The molecule has 2 aromatic carbocycles. The summed E-state index contributed by atoms with van der Waals surface area (Å²) in [4.78, 5) is 0. The van der Waals surface area contributed by atoms with Crippen LogP contribution in [0.1, 0.15) is 57.2 Å². The quantitative estimate of drug-likeness (QED) is 0.730. The van der Waals surface area contributed by atoms with Gasteiger partial charge in [-0.1, -0.05) is 62.4 Å². The highest BCUT2D eigenvalue weighted by molar-refractivity contribution is 5.40. The Labute approximate surface area is 170 Å². The molecule has 1 fully saturated rings. The summed E-state index contributed by atoms with van der Waals surface area (Å²) in [5.41, 5.74) is 2.86. The number of nitrogens with two attached hydrogens (primary N) is 1. The Kier molecular flexibility index (Phi) is 7.14. The number of benzene rings is 2. The van der Waals surface area contributed by atoms with Gasteiger partial charge in [-0.2, -0.15) is 0 Å². The van der Waals surface area contributed by atoms with E-state index in [-0.39, 0.29) is 5.41 Å². The summed E-state index contributed by atoms with van der Waals surface area (Å²) in [6.45, 7) is 8.76. The maximum Gasteiger partial charge on any atom is 0.122 e. The van der Waals surface area contributed by atoms with Crippen LogP contribution in [-0.2, 0) is 10.2 Å². The van der Waals surface area contributed by atoms with Crippen molar-refractivity contribution in [3.63, 3.8) is 0 Å². The molecule has 1 heterocycles. The molecule has 2 aromatic rings. The minimum atomic E-state index is 0.118. The lowest BCUT2D eigenvalue weighted by molar-refractivity contribution is -0.693. The second-order valence-electron chi connectivity index (χ2n) is 8.56. The van der Waals surface area contributed by atoms with Gasteiger partial charge in [-0.05, 0) is 31.7 Å².